The first-order valence-electron chi connectivity index (χ1n) is 7.58. The molecule has 0 fully saturated rings. The van der Waals surface area contributed by atoms with Gasteiger partial charge >= 0.3 is 6.18 Å². The van der Waals surface area contributed by atoms with Crippen LogP contribution in [-0.2, 0) is 12.7 Å². The van der Waals surface area contributed by atoms with Crippen molar-refractivity contribution in [1.82, 2.24) is 19.2 Å². The highest BCUT2D eigenvalue weighted by Crippen LogP contribution is 2.34. The van der Waals surface area contributed by atoms with E-state index in [2.05, 4.69) is 10.1 Å². The van der Waals surface area contributed by atoms with E-state index in [1.54, 1.807) is 0 Å². The van der Waals surface area contributed by atoms with Crippen molar-refractivity contribution >= 4 is 5.65 Å². The molecule has 0 N–H and O–H groups in total. The van der Waals surface area contributed by atoms with Gasteiger partial charge in [0.1, 0.15) is 17.9 Å². The smallest absolute Gasteiger partial charge is 0.434 e. The maximum atomic E-state index is 13.5. The van der Waals surface area contributed by atoms with Crippen molar-refractivity contribution < 1.29 is 26.7 Å². The predicted octanol–water partition coefficient (Wildman–Crippen LogP) is 3.24. The van der Waals surface area contributed by atoms with Crippen LogP contribution in [0.4, 0.5) is 22.0 Å². The Labute approximate surface area is 148 Å². The number of rotatable bonds is 4. The number of ether oxygens (including phenoxy) is 1. The molecule has 0 amide bonds. The normalized spacial score (nSPS) is 12.6. The molecule has 27 heavy (non-hydrogen) atoms. The van der Waals surface area contributed by atoms with Gasteiger partial charge in [-0.15, -0.1) is 0 Å². The number of pyridine rings is 1. The monoisotopic (exact) mass is 388 g/mol. The second kappa shape index (κ2) is 6.32. The van der Waals surface area contributed by atoms with Gasteiger partial charge in [0.05, 0.1) is 18.9 Å². The minimum Gasteiger partial charge on any atom is -0.497 e. The summed E-state index contributed by atoms with van der Waals surface area (Å²) in [5.74, 6) is -2.90. The maximum Gasteiger partial charge on any atom is 0.434 e. The lowest BCUT2D eigenvalue weighted by Gasteiger charge is -2.13. The minimum atomic E-state index is -4.94. The van der Waals surface area contributed by atoms with Crippen LogP contribution in [0.5, 0.6) is 5.75 Å². The quantitative estimate of drug-likeness (QED) is 0.644. The number of halogens is 5. The van der Waals surface area contributed by atoms with E-state index in [-0.39, 0.29) is 17.0 Å². The number of hydrogen-bond donors (Lipinski definition) is 0. The largest absolute Gasteiger partial charge is 0.497 e. The Kier molecular flexibility index (Phi) is 4.40. The van der Waals surface area contributed by atoms with Gasteiger partial charge in [-0.25, -0.2) is 13.8 Å². The molecular formula is C16H13F5N4O2. The molecule has 3 heterocycles. The molecule has 0 saturated heterocycles. The van der Waals surface area contributed by atoms with Crippen molar-refractivity contribution in [3.05, 3.63) is 46.8 Å². The van der Waals surface area contributed by atoms with Crippen LogP contribution in [0.15, 0.2) is 35.5 Å². The molecule has 0 aromatic carbocycles. The fourth-order valence-electron chi connectivity index (χ4n) is 2.58. The Morgan fingerprint density at radius 1 is 1.22 bits per heavy atom. The highest BCUT2D eigenvalue weighted by atomic mass is 19.4. The van der Waals surface area contributed by atoms with Crippen LogP contribution >= 0.6 is 0 Å². The van der Waals surface area contributed by atoms with Gasteiger partial charge < -0.3 is 4.74 Å². The molecule has 3 aromatic rings. The average molecular weight is 388 g/mol. The molecule has 0 bridgehead atoms. The summed E-state index contributed by atoms with van der Waals surface area (Å²) in [4.78, 5) is 16.2. The molecule has 0 unspecified atom stereocenters. The molecule has 0 radical (unpaired) electrons. The molecule has 0 atom stereocenters. The predicted molar refractivity (Wildman–Crippen MR) is 84.9 cm³/mol. The van der Waals surface area contributed by atoms with Crippen molar-refractivity contribution in [2.45, 2.75) is 25.6 Å². The van der Waals surface area contributed by atoms with Crippen LogP contribution in [-0.4, -0.2) is 32.2 Å². The summed E-state index contributed by atoms with van der Waals surface area (Å²) in [6.45, 7) is -0.191. The topological polar surface area (TPSA) is 61.4 Å². The fraction of sp³-hybridized carbons (Fsp3) is 0.312. The van der Waals surface area contributed by atoms with Gasteiger partial charge in [-0.1, -0.05) is 0 Å². The molecule has 11 heteroatoms. The van der Waals surface area contributed by atoms with Crippen LogP contribution in [0.25, 0.3) is 16.8 Å². The third-order valence-corrected chi connectivity index (χ3v) is 3.67. The second-order valence-corrected chi connectivity index (χ2v) is 5.93. The molecule has 3 aromatic heterocycles. The van der Waals surface area contributed by atoms with Crippen LogP contribution in [0.3, 0.4) is 0 Å². The number of hydrogen-bond acceptors (Lipinski definition) is 4. The molecule has 0 aliphatic carbocycles. The standard InChI is InChI=1S/C16H13F5N4O2/c1-15(17,18)8-24-7-9(6-22-24)12-13(16(19,20)21)23-11-5-10(27-2)3-4-25(11)14(12)26/h3-7H,8H2,1-2H3. The Bertz CT molecular complexity index is 1050. The third-order valence-electron chi connectivity index (χ3n) is 3.67. The van der Waals surface area contributed by atoms with E-state index in [1.165, 1.54) is 25.4 Å². The van der Waals surface area contributed by atoms with Gasteiger partial charge in [0.15, 0.2) is 5.69 Å². The summed E-state index contributed by atoms with van der Waals surface area (Å²) in [5.41, 5.74) is -3.71. The molecule has 0 saturated carbocycles. The fourth-order valence-corrected chi connectivity index (χ4v) is 2.58. The van der Waals surface area contributed by atoms with Gasteiger partial charge in [0, 0.05) is 30.9 Å². The molecule has 6 nitrogen and oxygen atoms in total. The van der Waals surface area contributed by atoms with Gasteiger partial charge in [-0.05, 0) is 6.07 Å². The minimum absolute atomic E-state index is 0.223. The maximum absolute atomic E-state index is 13.5. The summed E-state index contributed by atoms with van der Waals surface area (Å²) in [7, 11) is 1.32. The van der Waals surface area contributed by atoms with Crippen molar-refractivity contribution in [2.75, 3.05) is 7.11 Å². The Morgan fingerprint density at radius 3 is 2.52 bits per heavy atom. The lowest BCUT2D eigenvalue weighted by Crippen LogP contribution is -2.24. The summed E-state index contributed by atoms with van der Waals surface area (Å²) in [5, 5.41) is 3.62. The van der Waals surface area contributed by atoms with Crippen LogP contribution in [0.2, 0.25) is 0 Å². The van der Waals surface area contributed by atoms with Gasteiger partial charge in [0.25, 0.3) is 11.5 Å². The lowest BCUT2D eigenvalue weighted by molar-refractivity contribution is -0.140. The van der Waals surface area contributed by atoms with Crippen molar-refractivity contribution in [3.8, 4) is 16.9 Å². The van der Waals surface area contributed by atoms with Crippen molar-refractivity contribution in [1.29, 1.82) is 0 Å². The zero-order chi connectivity index (χ0) is 20.0. The second-order valence-electron chi connectivity index (χ2n) is 5.93. The van der Waals surface area contributed by atoms with E-state index in [9.17, 15) is 26.7 Å². The van der Waals surface area contributed by atoms with Crippen LogP contribution in [0, 0.1) is 0 Å². The first-order valence-corrected chi connectivity index (χ1v) is 7.58. The van der Waals surface area contributed by atoms with E-state index >= 15 is 0 Å². The first kappa shape index (κ1) is 18.8. The first-order chi connectivity index (χ1) is 12.5. The summed E-state index contributed by atoms with van der Waals surface area (Å²) in [6, 6.07) is 2.57. The molecule has 3 rings (SSSR count). The highest BCUT2D eigenvalue weighted by Gasteiger charge is 2.38. The Hall–Kier alpha value is -2.98. The number of methoxy groups -OCH3 is 1. The van der Waals surface area contributed by atoms with Crippen molar-refractivity contribution in [3.63, 3.8) is 0 Å². The van der Waals surface area contributed by atoms with E-state index in [1.807, 2.05) is 0 Å². The van der Waals surface area contributed by atoms with E-state index < -0.39 is 35.5 Å². The Balaban J connectivity index is 2.25. The van der Waals surface area contributed by atoms with E-state index in [0.717, 1.165) is 21.5 Å². The SMILES string of the molecule is COc1ccn2c(=O)c(-c3cnn(CC(C)(F)F)c3)c(C(F)(F)F)nc2c1. The summed E-state index contributed by atoms with van der Waals surface area (Å²) in [6.07, 6.45) is -1.84. The molecule has 0 aliphatic heterocycles. The van der Waals surface area contributed by atoms with E-state index in [4.69, 9.17) is 4.74 Å². The lowest BCUT2D eigenvalue weighted by atomic mass is 10.1. The van der Waals surface area contributed by atoms with Gasteiger partial charge in [-0.2, -0.15) is 18.3 Å². The van der Waals surface area contributed by atoms with Crippen LogP contribution in [0.1, 0.15) is 12.6 Å². The zero-order valence-corrected chi connectivity index (χ0v) is 14.1. The zero-order valence-electron chi connectivity index (χ0n) is 14.1. The number of nitrogens with zero attached hydrogens (tertiary/aromatic N) is 4. The molecule has 144 valence electrons. The number of alkyl halides is 5. The summed E-state index contributed by atoms with van der Waals surface area (Å²) < 4.78 is 73.4. The van der Waals surface area contributed by atoms with E-state index in [0.29, 0.717) is 6.92 Å². The molecule has 0 aliphatic rings. The van der Waals surface area contributed by atoms with Crippen LogP contribution < -0.4 is 10.3 Å². The molecule has 0 spiro atoms. The number of fused-ring (bicyclic) bond motifs is 1. The van der Waals surface area contributed by atoms with Crippen molar-refractivity contribution in [2.24, 2.45) is 0 Å². The highest BCUT2D eigenvalue weighted by molar-refractivity contribution is 5.66. The summed E-state index contributed by atoms with van der Waals surface area (Å²) >= 11 is 0. The Morgan fingerprint density at radius 2 is 1.93 bits per heavy atom. The van der Waals surface area contributed by atoms with Gasteiger partial charge in [0.2, 0.25) is 0 Å². The number of aromatic nitrogens is 4. The van der Waals surface area contributed by atoms with Gasteiger partial charge in [-0.3, -0.25) is 13.9 Å². The average Bonchev–Trinajstić information content (AvgIpc) is 2.99. The molecular weight excluding hydrogens is 375 g/mol. The third kappa shape index (κ3) is 3.76.